The number of carbonyl (C=O) groups excluding carboxylic acids is 2. The summed E-state index contributed by atoms with van der Waals surface area (Å²) in [6.07, 6.45) is 1.41. The third-order valence-corrected chi connectivity index (χ3v) is 7.45. The Morgan fingerprint density at radius 2 is 1.82 bits per heavy atom. The summed E-state index contributed by atoms with van der Waals surface area (Å²) in [5.41, 5.74) is 1.50. The molecule has 12 nitrogen and oxygen atoms in total. The SMILES string of the molecule is CNc1cc(-n2nc(C(=O)NCCN3CCOCC3)cc2Nc2cc(NC(=O)c3cccc(C(C)(C)F)c3)ccc2C)ncn1. The second kappa shape index (κ2) is 13.8. The molecule has 4 aromatic rings. The number of rotatable bonds is 11. The molecule has 5 rings (SSSR count). The van der Waals surface area contributed by atoms with Gasteiger partial charge in [-0.15, -0.1) is 0 Å². The van der Waals surface area contributed by atoms with Crippen LogP contribution in [0.2, 0.25) is 0 Å². The first-order valence-electron chi connectivity index (χ1n) is 14.8. The van der Waals surface area contributed by atoms with Gasteiger partial charge in [-0.05, 0) is 56.2 Å². The number of morpholine rings is 1. The van der Waals surface area contributed by atoms with Crippen molar-refractivity contribution < 1.29 is 18.7 Å². The van der Waals surface area contributed by atoms with Gasteiger partial charge in [0.05, 0.1) is 13.2 Å². The highest BCUT2D eigenvalue weighted by Gasteiger charge is 2.21. The lowest BCUT2D eigenvalue weighted by Gasteiger charge is -2.26. The Morgan fingerprint density at radius 3 is 2.58 bits per heavy atom. The van der Waals surface area contributed by atoms with Gasteiger partial charge in [-0.25, -0.2) is 14.4 Å². The molecule has 3 heterocycles. The minimum Gasteiger partial charge on any atom is -0.379 e. The first kappa shape index (κ1) is 31.5. The Labute approximate surface area is 261 Å². The summed E-state index contributed by atoms with van der Waals surface area (Å²) in [6.45, 7) is 9.06. The highest BCUT2D eigenvalue weighted by molar-refractivity contribution is 6.04. The van der Waals surface area contributed by atoms with Crippen molar-refractivity contribution in [2.45, 2.75) is 26.4 Å². The minimum absolute atomic E-state index is 0.210. The summed E-state index contributed by atoms with van der Waals surface area (Å²) < 4.78 is 21.4. The van der Waals surface area contributed by atoms with Crippen LogP contribution in [-0.4, -0.2) is 82.9 Å². The minimum atomic E-state index is -1.57. The van der Waals surface area contributed by atoms with Crippen molar-refractivity contribution in [2.24, 2.45) is 0 Å². The lowest BCUT2D eigenvalue weighted by molar-refractivity contribution is 0.0383. The Balaban J connectivity index is 1.37. The predicted octanol–water partition coefficient (Wildman–Crippen LogP) is 4.27. The number of amides is 2. The summed E-state index contributed by atoms with van der Waals surface area (Å²) in [5, 5.41) is 16.8. The number of alkyl halides is 1. The molecule has 2 amide bonds. The van der Waals surface area contributed by atoms with Gasteiger partial charge in [0, 0.05) is 62.3 Å². The lowest BCUT2D eigenvalue weighted by atomic mass is 9.98. The maximum absolute atomic E-state index is 14.5. The third kappa shape index (κ3) is 7.99. The van der Waals surface area contributed by atoms with Crippen LogP contribution < -0.4 is 21.3 Å². The number of aryl methyl sites for hydroxylation is 1. The second-order valence-corrected chi connectivity index (χ2v) is 11.2. The number of halogens is 1. The summed E-state index contributed by atoms with van der Waals surface area (Å²) in [7, 11) is 1.75. The van der Waals surface area contributed by atoms with Crippen LogP contribution in [0.1, 0.15) is 45.8 Å². The normalized spacial score (nSPS) is 13.7. The van der Waals surface area contributed by atoms with Crippen molar-refractivity contribution >= 4 is 34.8 Å². The molecular weight excluding hydrogens is 577 g/mol. The van der Waals surface area contributed by atoms with Crippen LogP contribution in [0.25, 0.3) is 5.82 Å². The first-order chi connectivity index (χ1) is 21.6. The van der Waals surface area contributed by atoms with Crippen molar-refractivity contribution in [1.82, 2.24) is 30.0 Å². The number of nitrogens with one attached hydrogen (secondary N) is 4. The van der Waals surface area contributed by atoms with E-state index in [0.29, 0.717) is 66.3 Å². The first-order valence-corrected chi connectivity index (χ1v) is 14.8. The molecule has 0 aliphatic carbocycles. The van der Waals surface area contributed by atoms with Gasteiger partial charge in [0.2, 0.25) is 0 Å². The van der Waals surface area contributed by atoms with E-state index in [0.717, 1.165) is 18.7 Å². The fourth-order valence-corrected chi connectivity index (χ4v) is 4.80. The van der Waals surface area contributed by atoms with Gasteiger partial charge in [-0.3, -0.25) is 14.5 Å². The van der Waals surface area contributed by atoms with Crippen molar-refractivity contribution in [3.05, 3.63) is 83.3 Å². The van der Waals surface area contributed by atoms with Crippen molar-refractivity contribution in [3.63, 3.8) is 0 Å². The van der Waals surface area contributed by atoms with E-state index in [9.17, 15) is 14.0 Å². The number of anilines is 4. The van der Waals surface area contributed by atoms with Gasteiger partial charge in [0.15, 0.2) is 11.5 Å². The molecule has 236 valence electrons. The second-order valence-electron chi connectivity index (χ2n) is 11.2. The molecule has 0 radical (unpaired) electrons. The molecule has 1 aliphatic rings. The number of carbonyl (C=O) groups is 2. The maximum Gasteiger partial charge on any atom is 0.271 e. The number of nitrogens with zero attached hydrogens (tertiary/aromatic N) is 5. The maximum atomic E-state index is 14.5. The molecule has 13 heteroatoms. The van der Waals surface area contributed by atoms with E-state index in [4.69, 9.17) is 4.74 Å². The number of hydrogen-bond acceptors (Lipinski definition) is 9. The van der Waals surface area contributed by atoms with E-state index < -0.39 is 5.67 Å². The van der Waals surface area contributed by atoms with E-state index in [-0.39, 0.29) is 17.5 Å². The Kier molecular flexibility index (Phi) is 9.69. The van der Waals surface area contributed by atoms with Crippen LogP contribution >= 0.6 is 0 Å². The zero-order chi connectivity index (χ0) is 32.0. The van der Waals surface area contributed by atoms with E-state index in [1.165, 1.54) is 24.9 Å². The predicted molar refractivity (Wildman–Crippen MR) is 171 cm³/mol. The van der Waals surface area contributed by atoms with Gasteiger partial charge in [-0.2, -0.15) is 9.78 Å². The van der Waals surface area contributed by atoms with Crippen LogP contribution in [0.3, 0.4) is 0 Å². The van der Waals surface area contributed by atoms with Crippen LogP contribution in [0.4, 0.5) is 27.4 Å². The topological polar surface area (TPSA) is 138 Å². The zero-order valence-electron chi connectivity index (χ0n) is 25.9. The van der Waals surface area contributed by atoms with Crippen LogP contribution in [0.5, 0.6) is 0 Å². The molecule has 0 saturated carbocycles. The van der Waals surface area contributed by atoms with E-state index in [1.54, 1.807) is 55.6 Å². The Morgan fingerprint density at radius 1 is 1.02 bits per heavy atom. The molecule has 0 spiro atoms. The zero-order valence-corrected chi connectivity index (χ0v) is 25.9. The molecule has 1 fully saturated rings. The molecule has 0 atom stereocenters. The number of hydrogen-bond donors (Lipinski definition) is 4. The monoisotopic (exact) mass is 615 g/mol. The number of benzene rings is 2. The van der Waals surface area contributed by atoms with Crippen molar-refractivity contribution in [1.29, 1.82) is 0 Å². The number of aromatic nitrogens is 4. The Bertz CT molecular complexity index is 1660. The molecule has 2 aromatic heterocycles. The summed E-state index contributed by atoms with van der Waals surface area (Å²) >= 11 is 0. The average Bonchev–Trinajstić information content (AvgIpc) is 3.46. The van der Waals surface area contributed by atoms with Crippen LogP contribution in [-0.2, 0) is 10.4 Å². The van der Waals surface area contributed by atoms with Gasteiger partial charge >= 0.3 is 0 Å². The highest BCUT2D eigenvalue weighted by Crippen LogP contribution is 2.28. The fraction of sp³-hybridized carbons (Fsp3) is 0.344. The van der Waals surface area contributed by atoms with Gasteiger partial charge < -0.3 is 26.0 Å². The average molecular weight is 616 g/mol. The van der Waals surface area contributed by atoms with Gasteiger partial charge in [0.1, 0.15) is 23.6 Å². The largest absolute Gasteiger partial charge is 0.379 e. The summed E-state index contributed by atoms with van der Waals surface area (Å²) in [5.74, 6) is 0.835. The molecule has 1 saturated heterocycles. The summed E-state index contributed by atoms with van der Waals surface area (Å²) in [4.78, 5) is 37.0. The lowest BCUT2D eigenvalue weighted by Crippen LogP contribution is -2.41. The van der Waals surface area contributed by atoms with Crippen molar-refractivity contribution in [3.8, 4) is 5.82 Å². The fourth-order valence-electron chi connectivity index (χ4n) is 4.80. The van der Waals surface area contributed by atoms with Gasteiger partial charge in [-0.1, -0.05) is 18.2 Å². The van der Waals surface area contributed by atoms with E-state index >= 15 is 0 Å². The molecule has 2 aromatic carbocycles. The number of ether oxygens (including phenoxy) is 1. The highest BCUT2D eigenvalue weighted by atomic mass is 19.1. The summed E-state index contributed by atoms with van der Waals surface area (Å²) in [6, 6.07) is 15.3. The van der Waals surface area contributed by atoms with Gasteiger partial charge in [0.25, 0.3) is 11.8 Å². The molecule has 0 unspecified atom stereocenters. The van der Waals surface area contributed by atoms with Crippen LogP contribution in [0, 0.1) is 6.92 Å². The Hall–Kier alpha value is -4.88. The molecule has 4 N–H and O–H groups in total. The molecule has 45 heavy (non-hydrogen) atoms. The van der Waals surface area contributed by atoms with Crippen molar-refractivity contribution in [2.75, 3.05) is 62.4 Å². The molecule has 1 aliphatic heterocycles. The quantitative estimate of drug-likeness (QED) is 0.195. The molecule has 0 bridgehead atoms. The molecular formula is C32H38FN9O3. The smallest absolute Gasteiger partial charge is 0.271 e. The third-order valence-electron chi connectivity index (χ3n) is 7.45. The van der Waals surface area contributed by atoms with Crippen LogP contribution in [0.15, 0.2) is 60.9 Å². The van der Waals surface area contributed by atoms with E-state index in [1.807, 2.05) is 13.0 Å². The standard InChI is InChI=1S/C32H38FN9O3/c1-21-8-9-24(38-30(43)22-6-5-7-23(16-22)32(2,3)33)17-25(21)39-29-18-26(31(44)35-10-11-41-12-14-45-15-13-41)40-42(29)28-19-27(34-4)36-20-37-28/h5-9,16-20,39H,10-15H2,1-4H3,(H,35,44)(H,38,43)(H,34,36,37). The van der Waals surface area contributed by atoms with E-state index in [2.05, 4.69) is 41.2 Å².